The molecule has 0 bridgehead atoms. The molecule has 0 fully saturated rings. The van der Waals surface area contributed by atoms with Gasteiger partial charge in [0.1, 0.15) is 5.76 Å². The molecule has 0 aliphatic carbocycles. The van der Waals surface area contributed by atoms with Crippen molar-refractivity contribution in [2.75, 3.05) is 0 Å². The molecule has 0 amide bonds. The molecule has 1 N–H and O–H groups in total. The van der Waals surface area contributed by atoms with Crippen LogP contribution < -0.4 is 4.72 Å². The minimum Gasteiger partial charge on any atom is -0.469 e. The molecule has 110 valence electrons. The fourth-order valence-corrected chi connectivity index (χ4v) is 4.17. The minimum absolute atomic E-state index is 0.0161. The van der Waals surface area contributed by atoms with Gasteiger partial charge in [-0.15, -0.1) is 5.10 Å². The van der Waals surface area contributed by atoms with Crippen LogP contribution in [0.3, 0.4) is 0 Å². The Labute approximate surface area is 125 Å². The summed E-state index contributed by atoms with van der Waals surface area (Å²) in [6.07, 6.45) is 2.90. The molecule has 9 heteroatoms. The van der Waals surface area contributed by atoms with Crippen molar-refractivity contribution in [2.24, 2.45) is 7.05 Å². The predicted molar refractivity (Wildman–Crippen MR) is 75.5 cm³/mol. The summed E-state index contributed by atoms with van der Waals surface area (Å²) in [6.45, 7) is 1.80. The van der Waals surface area contributed by atoms with Gasteiger partial charge in [-0.2, -0.15) is 0 Å². The third-order valence-electron chi connectivity index (χ3n) is 2.75. The highest BCUT2D eigenvalue weighted by molar-refractivity contribution is 9.10. The summed E-state index contributed by atoms with van der Waals surface area (Å²) < 4.78 is 33.7. The zero-order valence-electron chi connectivity index (χ0n) is 11.1. The molecule has 1 atom stereocenters. The zero-order chi connectivity index (χ0) is 14.8. The van der Waals surface area contributed by atoms with E-state index in [0.717, 1.165) is 5.76 Å². The van der Waals surface area contributed by atoms with Gasteiger partial charge in [-0.05, 0) is 41.4 Å². The second kappa shape index (κ2) is 6.06. The molecule has 20 heavy (non-hydrogen) atoms. The fourth-order valence-electron chi connectivity index (χ4n) is 1.80. The van der Waals surface area contributed by atoms with E-state index in [4.69, 9.17) is 4.42 Å². The number of furan rings is 1. The number of aryl methyl sites for hydroxylation is 2. The molecule has 2 rings (SSSR count). The monoisotopic (exact) mass is 362 g/mol. The highest BCUT2D eigenvalue weighted by Gasteiger charge is 2.25. The molecule has 0 saturated carbocycles. The highest BCUT2D eigenvalue weighted by atomic mass is 79.9. The predicted octanol–water partition coefficient (Wildman–Crippen LogP) is 1.47. The average Bonchev–Trinajstić information content (AvgIpc) is 2.96. The summed E-state index contributed by atoms with van der Waals surface area (Å²) in [6, 6.07) is 3.44. The quantitative estimate of drug-likeness (QED) is 0.840. The largest absolute Gasteiger partial charge is 0.469 e. The zero-order valence-corrected chi connectivity index (χ0v) is 13.5. The molecule has 0 aromatic carbocycles. The lowest BCUT2D eigenvalue weighted by Crippen LogP contribution is -2.34. The molecular weight excluding hydrogens is 348 g/mol. The van der Waals surface area contributed by atoms with Gasteiger partial charge in [0.25, 0.3) is 10.0 Å². The molecule has 0 spiro atoms. The lowest BCUT2D eigenvalue weighted by Gasteiger charge is -2.13. The van der Waals surface area contributed by atoms with Crippen LogP contribution in [-0.4, -0.2) is 29.5 Å². The second-order valence-electron chi connectivity index (χ2n) is 4.45. The maximum atomic E-state index is 12.2. The summed E-state index contributed by atoms with van der Waals surface area (Å²) in [5.41, 5.74) is 0. The van der Waals surface area contributed by atoms with Crippen molar-refractivity contribution in [1.82, 2.24) is 19.7 Å². The normalized spacial score (nSPS) is 13.6. The van der Waals surface area contributed by atoms with Gasteiger partial charge in [0.2, 0.25) is 5.03 Å². The maximum Gasteiger partial charge on any atom is 0.260 e. The van der Waals surface area contributed by atoms with Crippen LogP contribution >= 0.6 is 15.9 Å². The Morgan fingerprint density at radius 1 is 1.55 bits per heavy atom. The fraction of sp³-hybridized carbons (Fsp3) is 0.455. The van der Waals surface area contributed by atoms with Crippen molar-refractivity contribution in [2.45, 2.75) is 30.8 Å². The Balaban J connectivity index is 2.01. The van der Waals surface area contributed by atoms with Crippen molar-refractivity contribution >= 4 is 26.0 Å². The van der Waals surface area contributed by atoms with Crippen LogP contribution in [0.5, 0.6) is 0 Å². The molecule has 2 aromatic heterocycles. The van der Waals surface area contributed by atoms with Crippen molar-refractivity contribution in [3.8, 4) is 0 Å². The summed E-state index contributed by atoms with van der Waals surface area (Å²) in [5.74, 6) is 0.833. The van der Waals surface area contributed by atoms with Crippen LogP contribution in [0.1, 0.15) is 19.1 Å². The van der Waals surface area contributed by atoms with E-state index in [-0.39, 0.29) is 15.7 Å². The van der Waals surface area contributed by atoms with Gasteiger partial charge in [0.15, 0.2) is 4.60 Å². The van der Waals surface area contributed by atoms with E-state index >= 15 is 0 Å². The number of nitrogens with one attached hydrogen (secondary N) is 1. The first-order valence-electron chi connectivity index (χ1n) is 6.00. The topological polar surface area (TPSA) is 90.0 Å². The molecule has 0 saturated heterocycles. The van der Waals surface area contributed by atoms with E-state index < -0.39 is 10.0 Å². The Kier molecular flexibility index (Phi) is 4.61. The van der Waals surface area contributed by atoms with Gasteiger partial charge in [0, 0.05) is 19.5 Å². The first-order valence-corrected chi connectivity index (χ1v) is 8.27. The van der Waals surface area contributed by atoms with Crippen LogP contribution in [0.15, 0.2) is 32.4 Å². The van der Waals surface area contributed by atoms with E-state index in [1.165, 1.54) is 11.7 Å². The molecule has 0 radical (unpaired) electrons. The molecule has 0 aliphatic rings. The van der Waals surface area contributed by atoms with Crippen molar-refractivity contribution < 1.29 is 12.8 Å². The molecule has 2 aromatic rings. The lowest BCUT2D eigenvalue weighted by atomic mass is 10.2. The van der Waals surface area contributed by atoms with Crippen LogP contribution in [0, 0.1) is 0 Å². The van der Waals surface area contributed by atoms with E-state index in [1.54, 1.807) is 13.2 Å². The maximum absolute atomic E-state index is 12.2. The van der Waals surface area contributed by atoms with Crippen LogP contribution in [0.2, 0.25) is 0 Å². The Morgan fingerprint density at radius 3 is 2.85 bits per heavy atom. The van der Waals surface area contributed by atoms with Crippen molar-refractivity contribution in [3.05, 3.63) is 28.8 Å². The van der Waals surface area contributed by atoms with E-state index in [1.807, 2.05) is 12.1 Å². The van der Waals surface area contributed by atoms with Gasteiger partial charge >= 0.3 is 0 Å². The number of sulfonamides is 1. The summed E-state index contributed by atoms with van der Waals surface area (Å²) in [5, 5.41) is 7.35. The summed E-state index contributed by atoms with van der Waals surface area (Å²) in [7, 11) is -2.13. The molecule has 2 heterocycles. The highest BCUT2D eigenvalue weighted by Crippen LogP contribution is 2.18. The van der Waals surface area contributed by atoms with Crippen LogP contribution in [0.4, 0.5) is 0 Å². The average molecular weight is 363 g/mol. The van der Waals surface area contributed by atoms with Gasteiger partial charge in [-0.1, -0.05) is 5.21 Å². The van der Waals surface area contributed by atoms with Gasteiger partial charge in [-0.25, -0.2) is 17.8 Å². The molecule has 7 nitrogen and oxygen atoms in total. The van der Waals surface area contributed by atoms with E-state index in [9.17, 15) is 8.42 Å². The minimum atomic E-state index is -3.66. The smallest absolute Gasteiger partial charge is 0.260 e. The van der Waals surface area contributed by atoms with Crippen LogP contribution in [0.25, 0.3) is 0 Å². The Hall–Kier alpha value is -1.19. The standard InChI is InChI=1S/C11H15BrN4O3S/c1-8(5-6-9-4-3-7-19-9)14-20(17,18)11-10(12)13-15-16(11)2/h3-4,7-8,14H,5-6H2,1-2H3. The first-order chi connectivity index (χ1) is 9.40. The first kappa shape index (κ1) is 15.2. The number of halogens is 1. The SMILES string of the molecule is CC(CCc1ccco1)NS(=O)(=O)c1c(Br)nnn1C. The number of hydrogen-bond acceptors (Lipinski definition) is 5. The summed E-state index contributed by atoms with van der Waals surface area (Å²) >= 11 is 3.08. The summed E-state index contributed by atoms with van der Waals surface area (Å²) in [4.78, 5) is 0. The van der Waals surface area contributed by atoms with E-state index in [0.29, 0.717) is 12.8 Å². The molecule has 1 unspecified atom stereocenters. The van der Waals surface area contributed by atoms with Crippen molar-refractivity contribution in [1.29, 1.82) is 0 Å². The van der Waals surface area contributed by atoms with Crippen molar-refractivity contribution in [3.63, 3.8) is 0 Å². The van der Waals surface area contributed by atoms with E-state index in [2.05, 4.69) is 31.0 Å². The van der Waals surface area contributed by atoms with Crippen LogP contribution in [-0.2, 0) is 23.5 Å². The molecule has 0 aliphatic heterocycles. The Morgan fingerprint density at radius 2 is 2.30 bits per heavy atom. The third kappa shape index (κ3) is 3.47. The molecular formula is C11H15BrN4O3S. The van der Waals surface area contributed by atoms with Gasteiger partial charge in [-0.3, -0.25) is 0 Å². The second-order valence-corrected chi connectivity index (χ2v) is 6.83. The lowest BCUT2D eigenvalue weighted by molar-refractivity contribution is 0.478. The number of rotatable bonds is 6. The number of nitrogens with zero attached hydrogens (tertiary/aromatic N) is 3. The Bertz CT molecular complexity index is 646. The van der Waals surface area contributed by atoms with Gasteiger partial charge in [0.05, 0.1) is 6.26 Å². The third-order valence-corrected chi connectivity index (χ3v) is 5.23. The number of hydrogen-bond donors (Lipinski definition) is 1. The van der Waals surface area contributed by atoms with Gasteiger partial charge < -0.3 is 4.42 Å². The number of aromatic nitrogens is 3.